The molecule has 2 heterocycles. The molecule has 0 radical (unpaired) electrons. The number of rotatable bonds is 5. The fraction of sp³-hybridized carbons (Fsp3) is 0.320. The number of carbonyl (C=O) groups excluding carboxylic acids is 1. The predicted octanol–water partition coefficient (Wildman–Crippen LogP) is 4.33. The van der Waals surface area contributed by atoms with Crippen LogP contribution in [0.15, 0.2) is 64.0 Å². The van der Waals surface area contributed by atoms with Crippen molar-refractivity contribution in [1.29, 1.82) is 0 Å². The van der Waals surface area contributed by atoms with E-state index in [0.717, 1.165) is 37.1 Å². The van der Waals surface area contributed by atoms with Crippen molar-refractivity contribution < 1.29 is 13.2 Å². The van der Waals surface area contributed by atoms with Gasteiger partial charge >= 0.3 is 0 Å². The molecule has 2 aromatic carbocycles. The molecule has 0 aliphatic carbocycles. The molecule has 1 amide bonds. The van der Waals surface area contributed by atoms with Crippen LogP contribution in [0, 0.1) is 13.8 Å². The van der Waals surface area contributed by atoms with Crippen molar-refractivity contribution in [3.8, 4) is 5.69 Å². The summed E-state index contributed by atoms with van der Waals surface area (Å²) in [6.45, 7) is 4.60. The number of carbonyl (C=O) groups is 1. The Labute approximate surface area is 200 Å². The summed E-state index contributed by atoms with van der Waals surface area (Å²) in [5.74, 6) is 0.216. The van der Waals surface area contributed by atoms with Crippen LogP contribution < -0.4 is 5.32 Å². The summed E-state index contributed by atoms with van der Waals surface area (Å²) in [4.78, 5) is 14.9. The molecular formula is C25H29N5O3S. The fourth-order valence-corrected chi connectivity index (χ4v) is 5.18. The van der Waals surface area contributed by atoms with Crippen molar-refractivity contribution in [2.24, 2.45) is 4.40 Å². The second-order valence-electron chi connectivity index (χ2n) is 8.54. The van der Waals surface area contributed by atoms with Gasteiger partial charge in [-0.3, -0.25) is 4.79 Å². The first kappa shape index (κ1) is 23.7. The maximum atomic E-state index is 13.0. The minimum atomic E-state index is -3.90. The van der Waals surface area contributed by atoms with E-state index in [9.17, 15) is 13.2 Å². The first-order valence-corrected chi connectivity index (χ1v) is 12.8. The van der Waals surface area contributed by atoms with E-state index in [1.54, 1.807) is 16.8 Å². The van der Waals surface area contributed by atoms with E-state index in [2.05, 4.69) is 14.8 Å². The van der Waals surface area contributed by atoms with Crippen molar-refractivity contribution >= 4 is 27.5 Å². The normalized spacial score (nSPS) is 15.9. The molecule has 3 aromatic rings. The number of sulfonamides is 1. The number of nitrogens with zero attached hydrogens (tertiary/aromatic N) is 4. The number of likely N-dealkylation sites (tertiary alicyclic amines) is 1. The topological polar surface area (TPSA) is 96.7 Å². The van der Waals surface area contributed by atoms with Gasteiger partial charge in [-0.25, -0.2) is 4.68 Å². The number of amidine groups is 1. The minimum absolute atomic E-state index is 0.0442. The third-order valence-corrected chi connectivity index (χ3v) is 7.35. The van der Waals surface area contributed by atoms with E-state index in [0.29, 0.717) is 29.2 Å². The number of para-hydroxylation sites is 1. The average Bonchev–Trinajstić information content (AvgIpc) is 3.08. The van der Waals surface area contributed by atoms with Crippen LogP contribution in [0.25, 0.3) is 5.69 Å². The van der Waals surface area contributed by atoms with E-state index in [1.807, 2.05) is 50.1 Å². The Bertz CT molecular complexity index is 1340. The molecule has 8 nitrogen and oxygen atoms in total. The van der Waals surface area contributed by atoms with E-state index in [1.165, 1.54) is 18.3 Å². The van der Waals surface area contributed by atoms with Crippen molar-refractivity contribution in [3.63, 3.8) is 0 Å². The van der Waals surface area contributed by atoms with Crippen LogP contribution in [-0.2, 0) is 10.0 Å². The van der Waals surface area contributed by atoms with Crippen LogP contribution >= 0.6 is 0 Å². The Kier molecular flexibility index (Phi) is 6.83. The standard InChI is InChI=1S/C25H29N5O3S/c1-18-10-6-7-13-23(18)30-19(2)22(17-26-30)25(31)27-20-11-9-12-21(16-20)34(32,33)28-24-14-5-4-8-15-29(24)3/h6-7,9-13,16-17H,4-5,8,14-15H2,1-3H3,(H,27,31). The predicted molar refractivity (Wildman–Crippen MR) is 133 cm³/mol. The molecule has 0 unspecified atom stereocenters. The summed E-state index contributed by atoms with van der Waals surface area (Å²) in [6.07, 6.45) is 5.16. The number of aryl methyl sites for hydroxylation is 1. The van der Waals surface area contributed by atoms with Crippen molar-refractivity contribution in [2.45, 2.75) is 44.4 Å². The molecule has 4 rings (SSSR count). The number of aromatic nitrogens is 2. The Balaban J connectivity index is 1.56. The Morgan fingerprint density at radius 1 is 1.06 bits per heavy atom. The lowest BCUT2D eigenvalue weighted by atomic mass is 10.2. The van der Waals surface area contributed by atoms with Crippen LogP contribution in [0.3, 0.4) is 0 Å². The lowest BCUT2D eigenvalue weighted by molar-refractivity contribution is 0.102. The highest BCUT2D eigenvalue weighted by Gasteiger charge is 2.20. The second kappa shape index (κ2) is 9.80. The summed E-state index contributed by atoms with van der Waals surface area (Å²) in [5.41, 5.74) is 3.42. The molecule has 1 aliphatic heterocycles. The van der Waals surface area contributed by atoms with Crippen LogP contribution in [0.2, 0.25) is 0 Å². The van der Waals surface area contributed by atoms with E-state index in [4.69, 9.17) is 0 Å². The Hall–Kier alpha value is -3.46. The van der Waals surface area contributed by atoms with Gasteiger partial charge in [0.2, 0.25) is 0 Å². The number of benzene rings is 2. The first-order valence-electron chi connectivity index (χ1n) is 11.3. The minimum Gasteiger partial charge on any atom is -0.362 e. The zero-order valence-electron chi connectivity index (χ0n) is 19.7. The summed E-state index contributed by atoms with van der Waals surface area (Å²) in [7, 11) is -2.03. The molecule has 1 saturated heterocycles. The number of hydrogen-bond acceptors (Lipinski definition) is 4. The van der Waals surface area contributed by atoms with Gasteiger partial charge in [-0.1, -0.05) is 30.7 Å². The number of hydrogen-bond donors (Lipinski definition) is 1. The molecule has 1 aliphatic rings. The lowest BCUT2D eigenvalue weighted by Gasteiger charge is -2.17. The molecule has 0 spiro atoms. The molecule has 0 bridgehead atoms. The molecule has 0 atom stereocenters. The smallest absolute Gasteiger partial charge is 0.284 e. The zero-order valence-corrected chi connectivity index (χ0v) is 20.5. The van der Waals surface area contributed by atoms with Gasteiger partial charge in [0.1, 0.15) is 5.84 Å². The molecule has 9 heteroatoms. The van der Waals surface area contributed by atoms with Gasteiger partial charge in [0.15, 0.2) is 0 Å². The first-order chi connectivity index (χ1) is 16.3. The monoisotopic (exact) mass is 479 g/mol. The molecule has 34 heavy (non-hydrogen) atoms. The number of nitrogens with one attached hydrogen (secondary N) is 1. The largest absolute Gasteiger partial charge is 0.362 e. The quantitative estimate of drug-likeness (QED) is 0.587. The summed E-state index contributed by atoms with van der Waals surface area (Å²) in [6, 6.07) is 14.0. The maximum Gasteiger partial charge on any atom is 0.284 e. The van der Waals surface area contributed by atoms with Gasteiger partial charge in [-0.2, -0.15) is 13.5 Å². The fourth-order valence-electron chi connectivity index (χ4n) is 4.04. The van der Waals surface area contributed by atoms with Gasteiger partial charge in [-0.05, 0) is 56.5 Å². The SMILES string of the molecule is Cc1ccccc1-n1ncc(C(=O)Nc2cccc(S(=O)(=O)N=C3CCCCCN3C)c2)c1C. The van der Waals surface area contributed by atoms with Crippen molar-refractivity contribution in [1.82, 2.24) is 14.7 Å². The molecule has 1 aromatic heterocycles. The van der Waals surface area contributed by atoms with Gasteiger partial charge in [0.05, 0.1) is 28.0 Å². The lowest BCUT2D eigenvalue weighted by Crippen LogP contribution is -2.26. The third-order valence-electron chi connectivity index (χ3n) is 6.05. The molecule has 1 N–H and O–H groups in total. The van der Waals surface area contributed by atoms with E-state index in [-0.39, 0.29) is 10.8 Å². The third kappa shape index (κ3) is 5.04. The number of anilines is 1. The van der Waals surface area contributed by atoms with Crippen LogP contribution in [0.4, 0.5) is 5.69 Å². The van der Waals surface area contributed by atoms with Gasteiger partial charge in [0.25, 0.3) is 15.9 Å². The second-order valence-corrected chi connectivity index (χ2v) is 10.1. The van der Waals surface area contributed by atoms with Crippen LogP contribution in [0.5, 0.6) is 0 Å². The summed E-state index contributed by atoms with van der Waals surface area (Å²) in [5, 5.41) is 7.18. The Morgan fingerprint density at radius 2 is 1.85 bits per heavy atom. The van der Waals surface area contributed by atoms with Crippen molar-refractivity contribution in [2.75, 3.05) is 18.9 Å². The van der Waals surface area contributed by atoms with Gasteiger partial charge in [0, 0.05) is 25.7 Å². The Morgan fingerprint density at radius 3 is 2.65 bits per heavy atom. The highest BCUT2D eigenvalue weighted by atomic mass is 32.2. The van der Waals surface area contributed by atoms with E-state index >= 15 is 0 Å². The van der Waals surface area contributed by atoms with E-state index < -0.39 is 10.0 Å². The number of amides is 1. The average molecular weight is 480 g/mol. The summed E-state index contributed by atoms with van der Waals surface area (Å²) < 4.78 is 31.8. The van der Waals surface area contributed by atoms with Gasteiger partial charge < -0.3 is 10.2 Å². The molecule has 1 fully saturated rings. The van der Waals surface area contributed by atoms with Crippen LogP contribution in [-0.4, -0.2) is 48.4 Å². The van der Waals surface area contributed by atoms with Gasteiger partial charge in [-0.15, -0.1) is 4.40 Å². The highest BCUT2D eigenvalue weighted by Crippen LogP contribution is 2.22. The zero-order chi connectivity index (χ0) is 24.3. The molecule has 0 saturated carbocycles. The highest BCUT2D eigenvalue weighted by molar-refractivity contribution is 7.90. The van der Waals surface area contributed by atoms with Crippen molar-refractivity contribution in [3.05, 3.63) is 71.5 Å². The summed E-state index contributed by atoms with van der Waals surface area (Å²) >= 11 is 0. The molecular weight excluding hydrogens is 450 g/mol. The van der Waals surface area contributed by atoms with Crippen LogP contribution in [0.1, 0.15) is 47.3 Å². The molecule has 178 valence electrons. The maximum absolute atomic E-state index is 13.0.